The average Bonchev–Trinajstić information content (AvgIpc) is 2.74. The van der Waals surface area contributed by atoms with Crippen LogP contribution >= 0.6 is 0 Å². The van der Waals surface area contributed by atoms with E-state index in [2.05, 4.69) is 49.6 Å². The van der Waals surface area contributed by atoms with Gasteiger partial charge >= 0.3 is 0 Å². The van der Waals surface area contributed by atoms with Crippen molar-refractivity contribution in [3.8, 4) is 0 Å². The summed E-state index contributed by atoms with van der Waals surface area (Å²) in [4.78, 5) is 16.8. The lowest BCUT2D eigenvalue weighted by Gasteiger charge is -2.47. The van der Waals surface area contributed by atoms with E-state index in [1.54, 1.807) is 12.1 Å². The lowest BCUT2D eigenvalue weighted by Crippen LogP contribution is -2.50. The van der Waals surface area contributed by atoms with Gasteiger partial charge in [0.25, 0.3) is 0 Å². The molecule has 1 saturated carbocycles. The molecule has 188 valence electrons. The Hall–Kier alpha value is -2.73. The normalized spacial score (nSPS) is 19.4. The van der Waals surface area contributed by atoms with Gasteiger partial charge in [0.15, 0.2) is 0 Å². The number of carbonyl (C=O) groups is 1. The summed E-state index contributed by atoms with van der Waals surface area (Å²) in [6, 6.07) is 12.3. The number of hydrogen-bond donors (Lipinski definition) is 3. The highest BCUT2D eigenvalue weighted by Gasteiger charge is 2.42. The fourth-order valence-electron chi connectivity index (χ4n) is 5.25. The summed E-state index contributed by atoms with van der Waals surface area (Å²) in [5.74, 6) is -0.562. The van der Waals surface area contributed by atoms with Crippen molar-refractivity contribution in [3.05, 3.63) is 65.0 Å². The van der Waals surface area contributed by atoms with Crippen molar-refractivity contribution in [3.63, 3.8) is 0 Å². The second kappa shape index (κ2) is 10.1. The lowest BCUT2D eigenvalue weighted by atomic mass is 9.70. The third-order valence-corrected chi connectivity index (χ3v) is 7.01. The molecule has 5 nitrogen and oxygen atoms in total. The van der Waals surface area contributed by atoms with E-state index >= 15 is 0 Å². The summed E-state index contributed by atoms with van der Waals surface area (Å²) >= 11 is 0. The fourth-order valence-corrected chi connectivity index (χ4v) is 5.25. The highest BCUT2D eigenvalue weighted by Crippen LogP contribution is 2.44. The Bertz CT molecular complexity index is 1100. The van der Waals surface area contributed by atoms with E-state index in [-0.39, 0.29) is 29.2 Å². The monoisotopic (exact) mass is 479 g/mol. The molecule has 0 bridgehead atoms. The Labute approximate surface area is 208 Å². The Morgan fingerprint density at radius 3 is 2.60 bits per heavy atom. The fraction of sp³-hybridized carbons (Fsp3) is 0.517. The van der Waals surface area contributed by atoms with Crippen LogP contribution in [-0.4, -0.2) is 41.0 Å². The van der Waals surface area contributed by atoms with Crippen LogP contribution in [0.5, 0.6) is 0 Å². The molecule has 2 atom stereocenters. The smallest absolute Gasteiger partial charge is 0.217 e. The number of benzene rings is 2. The highest BCUT2D eigenvalue weighted by molar-refractivity contribution is 6.08. The number of aliphatic hydroxyl groups excluding tert-OH is 1. The first-order valence-electron chi connectivity index (χ1n) is 12.7. The predicted octanol–water partition coefficient (Wildman–Crippen LogP) is 5.05. The minimum atomic E-state index is -0.886. The van der Waals surface area contributed by atoms with Crippen molar-refractivity contribution in [2.75, 3.05) is 11.9 Å². The maximum Gasteiger partial charge on any atom is 0.217 e. The van der Waals surface area contributed by atoms with Gasteiger partial charge in [-0.25, -0.2) is 4.39 Å². The first kappa shape index (κ1) is 25.4. The largest absolute Gasteiger partial charge is 0.389 e. The van der Waals surface area contributed by atoms with Gasteiger partial charge in [0, 0.05) is 35.8 Å². The molecule has 2 aromatic carbocycles. The zero-order valence-corrected chi connectivity index (χ0v) is 21.3. The molecule has 0 unspecified atom stereocenters. The van der Waals surface area contributed by atoms with Crippen LogP contribution in [-0.2, 0) is 17.6 Å². The molecule has 1 spiro atoms. The van der Waals surface area contributed by atoms with Gasteiger partial charge in [-0.05, 0) is 72.9 Å². The minimum Gasteiger partial charge on any atom is -0.389 e. The van der Waals surface area contributed by atoms with Crippen molar-refractivity contribution in [2.45, 2.75) is 83.9 Å². The van der Waals surface area contributed by atoms with Crippen molar-refractivity contribution >= 4 is 17.3 Å². The molecule has 2 aromatic rings. The van der Waals surface area contributed by atoms with Crippen molar-refractivity contribution in [1.29, 1.82) is 0 Å². The van der Waals surface area contributed by atoms with E-state index < -0.39 is 12.1 Å². The minimum absolute atomic E-state index is 0.0565. The van der Waals surface area contributed by atoms with E-state index in [0.717, 1.165) is 48.2 Å². The Morgan fingerprint density at radius 1 is 1.20 bits per heavy atom. The first-order valence-corrected chi connectivity index (χ1v) is 12.7. The second-order valence-electron chi connectivity index (χ2n) is 11.5. The molecule has 1 heterocycles. The average molecular weight is 480 g/mol. The van der Waals surface area contributed by atoms with Gasteiger partial charge in [-0.1, -0.05) is 39.0 Å². The molecule has 4 rings (SSSR count). The molecule has 1 amide bonds. The van der Waals surface area contributed by atoms with E-state index in [4.69, 9.17) is 4.99 Å². The number of aliphatic hydroxyl groups is 1. The summed E-state index contributed by atoms with van der Waals surface area (Å²) in [7, 11) is 0. The standard InChI is InChI=1S/C29H38FN3O2/c1-19(34)32-25(15-20-7-5-8-22(30)13-20)27(35)18-31-26-17-29(11-6-12-29)33-24-10-9-21(14-23(24)26)16-28(2,3)4/h5,7-10,13-14,25,27,33,35H,6,11-12,15-18H2,1-4H3,(H,32,34)/t25-,27+/m0/s1. The van der Waals surface area contributed by atoms with Gasteiger partial charge in [-0.3, -0.25) is 9.79 Å². The van der Waals surface area contributed by atoms with Crippen LogP contribution in [0, 0.1) is 11.2 Å². The van der Waals surface area contributed by atoms with Crippen LogP contribution < -0.4 is 10.6 Å². The van der Waals surface area contributed by atoms with Crippen LogP contribution in [0.2, 0.25) is 0 Å². The summed E-state index contributed by atoms with van der Waals surface area (Å²) < 4.78 is 13.7. The van der Waals surface area contributed by atoms with E-state index in [1.165, 1.54) is 31.0 Å². The molecule has 6 heteroatoms. The number of nitrogens with one attached hydrogen (secondary N) is 2. The van der Waals surface area contributed by atoms with E-state index in [9.17, 15) is 14.3 Å². The molecular formula is C29H38FN3O2. The summed E-state index contributed by atoms with van der Waals surface area (Å²) in [6.07, 6.45) is 4.69. The lowest BCUT2D eigenvalue weighted by molar-refractivity contribution is -0.120. The van der Waals surface area contributed by atoms with Gasteiger partial charge in [0.05, 0.1) is 18.7 Å². The van der Waals surface area contributed by atoms with Crippen LogP contribution in [0.15, 0.2) is 47.5 Å². The zero-order valence-electron chi connectivity index (χ0n) is 21.3. The topological polar surface area (TPSA) is 73.7 Å². The number of halogens is 1. The Balaban J connectivity index is 1.57. The Morgan fingerprint density at radius 2 is 1.97 bits per heavy atom. The van der Waals surface area contributed by atoms with Gasteiger partial charge < -0.3 is 15.7 Å². The summed E-state index contributed by atoms with van der Waals surface area (Å²) in [5.41, 5.74) is 5.47. The van der Waals surface area contributed by atoms with Crippen molar-refractivity contribution in [2.24, 2.45) is 10.4 Å². The third kappa shape index (κ3) is 6.49. The summed E-state index contributed by atoms with van der Waals surface area (Å²) in [6.45, 7) is 8.31. The SMILES string of the molecule is CC(=O)N[C@@H](Cc1cccc(F)c1)[C@H](O)CN=C1CC2(CCC2)Nc2ccc(CC(C)(C)C)cc21. The van der Waals surface area contributed by atoms with Crippen LogP contribution in [0.25, 0.3) is 0 Å². The molecule has 3 N–H and O–H groups in total. The van der Waals surface area contributed by atoms with Crippen molar-refractivity contribution < 1.29 is 14.3 Å². The molecule has 1 aliphatic carbocycles. The number of fused-ring (bicyclic) bond motifs is 1. The predicted molar refractivity (Wildman–Crippen MR) is 140 cm³/mol. The molecule has 1 aliphatic heterocycles. The molecule has 2 aliphatic rings. The second-order valence-corrected chi connectivity index (χ2v) is 11.5. The number of carbonyl (C=O) groups excluding carboxylic acids is 1. The van der Waals surface area contributed by atoms with Gasteiger partial charge in [0.1, 0.15) is 5.82 Å². The van der Waals surface area contributed by atoms with Crippen LogP contribution in [0.4, 0.5) is 10.1 Å². The molecule has 0 saturated heterocycles. The van der Waals surface area contributed by atoms with E-state index in [0.29, 0.717) is 6.42 Å². The quantitative estimate of drug-likeness (QED) is 0.520. The highest BCUT2D eigenvalue weighted by atomic mass is 19.1. The number of aliphatic imine (C=N–C) groups is 1. The maximum atomic E-state index is 13.7. The zero-order chi connectivity index (χ0) is 25.2. The number of rotatable bonds is 7. The molecule has 0 radical (unpaired) electrons. The molecule has 0 aromatic heterocycles. The van der Waals surface area contributed by atoms with Crippen LogP contribution in [0.1, 0.15) is 70.1 Å². The summed E-state index contributed by atoms with van der Waals surface area (Å²) in [5, 5.41) is 17.6. The number of nitrogens with zero attached hydrogens (tertiary/aromatic N) is 1. The van der Waals surface area contributed by atoms with E-state index in [1.807, 2.05) is 0 Å². The molecule has 1 fully saturated rings. The van der Waals surface area contributed by atoms with Gasteiger partial charge in [-0.2, -0.15) is 0 Å². The third-order valence-electron chi connectivity index (χ3n) is 7.01. The molecular weight excluding hydrogens is 441 g/mol. The maximum absolute atomic E-state index is 13.7. The van der Waals surface area contributed by atoms with Gasteiger partial charge in [0.2, 0.25) is 5.91 Å². The van der Waals surface area contributed by atoms with Crippen LogP contribution in [0.3, 0.4) is 0 Å². The Kier molecular flexibility index (Phi) is 7.32. The van der Waals surface area contributed by atoms with Crippen molar-refractivity contribution in [1.82, 2.24) is 5.32 Å². The first-order chi connectivity index (χ1) is 16.5. The number of hydrogen-bond acceptors (Lipinski definition) is 4. The number of amides is 1. The molecule has 35 heavy (non-hydrogen) atoms. The number of anilines is 1. The van der Waals surface area contributed by atoms with Gasteiger partial charge in [-0.15, -0.1) is 0 Å².